The van der Waals surface area contributed by atoms with E-state index < -0.39 is 0 Å². The number of hydrogen-bond acceptors (Lipinski definition) is 2. The van der Waals surface area contributed by atoms with Crippen LogP contribution in [0.4, 0.5) is 0 Å². The zero-order valence-electron chi connectivity index (χ0n) is 10.9. The van der Waals surface area contributed by atoms with Crippen molar-refractivity contribution in [3.63, 3.8) is 0 Å². The minimum absolute atomic E-state index is 0.462. The van der Waals surface area contributed by atoms with Crippen LogP contribution in [0.3, 0.4) is 0 Å². The maximum atomic E-state index is 3.46. The Labute approximate surface area is 109 Å². The summed E-state index contributed by atoms with van der Waals surface area (Å²) in [4.78, 5) is 1.42. The zero-order valence-corrected chi connectivity index (χ0v) is 11.7. The van der Waals surface area contributed by atoms with Crippen LogP contribution in [-0.2, 0) is 0 Å². The number of thioether (sulfide) groups is 1. The van der Waals surface area contributed by atoms with Gasteiger partial charge in [0.05, 0.1) is 0 Å². The predicted octanol–water partition coefficient (Wildman–Crippen LogP) is 4.25. The van der Waals surface area contributed by atoms with Crippen molar-refractivity contribution < 1.29 is 0 Å². The largest absolute Gasteiger partial charge is 0.310 e. The van der Waals surface area contributed by atoms with Gasteiger partial charge in [-0.2, -0.15) is 0 Å². The van der Waals surface area contributed by atoms with Gasteiger partial charge in [0.25, 0.3) is 0 Å². The van der Waals surface area contributed by atoms with E-state index in [0.29, 0.717) is 6.04 Å². The summed E-state index contributed by atoms with van der Waals surface area (Å²) in [5, 5.41) is 3.46. The standard InChI is InChI=1S/C15H23NS/c1-3-16-12(2)14-5-4-6-15(11-14)17-10-9-13-7-8-13/h4-6,11-13,16H,3,7-10H2,1-2H3. The van der Waals surface area contributed by atoms with Crippen LogP contribution in [0, 0.1) is 5.92 Å². The second-order valence-corrected chi connectivity index (χ2v) is 6.10. The zero-order chi connectivity index (χ0) is 12.1. The van der Waals surface area contributed by atoms with Gasteiger partial charge in [-0.15, -0.1) is 11.8 Å². The van der Waals surface area contributed by atoms with Gasteiger partial charge in [-0.1, -0.05) is 31.9 Å². The topological polar surface area (TPSA) is 12.0 Å². The molecule has 0 aromatic heterocycles. The fraction of sp³-hybridized carbons (Fsp3) is 0.600. The summed E-state index contributed by atoms with van der Waals surface area (Å²) in [6.07, 6.45) is 4.34. The maximum Gasteiger partial charge on any atom is 0.0292 e. The molecule has 94 valence electrons. The molecule has 2 heteroatoms. The summed E-state index contributed by atoms with van der Waals surface area (Å²) < 4.78 is 0. The Morgan fingerprint density at radius 2 is 2.24 bits per heavy atom. The molecule has 0 radical (unpaired) electrons. The number of benzene rings is 1. The van der Waals surface area contributed by atoms with Crippen LogP contribution >= 0.6 is 11.8 Å². The molecule has 1 unspecified atom stereocenters. The molecule has 1 aliphatic carbocycles. The van der Waals surface area contributed by atoms with Gasteiger partial charge >= 0.3 is 0 Å². The molecule has 17 heavy (non-hydrogen) atoms. The van der Waals surface area contributed by atoms with E-state index in [9.17, 15) is 0 Å². The van der Waals surface area contributed by atoms with Gasteiger partial charge in [0.2, 0.25) is 0 Å². The second kappa shape index (κ2) is 6.46. The van der Waals surface area contributed by atoms with Crippen molar-refractivity contribution in [3.05, 3.63) is 29.8 Å². The summed E-state index contributed by atoms with van der Waals surface area (Å²) in [5.74, 6) is 2.33. The Hall–Kier alpha value is -0.470. The first-order valence-corrected chi connectivity index (χ1v) is 7.74. The fourth-order valence-corrected chi connectivity index (χ4v) is 3.13. The van der Waals surface area contributed by atoms with Crippen molar-refractivity contribution in [1.82, 2.24) is 5.32 Å². The lowest BCUT2D eigenvalue weighted by molar-refractivity contribution is 0.597. The van der Waals surface area contributed by atoms with E-state index in [2.05, 4.69) is 43.4 Å². The highest BCUT2D eigenvalue weighted by molar-refractivity contribution is 7.99. The molecule has 1 aliphatic rings. The lowest BCUT2D eigenvalue weighted by Gasteiger charge is -2.13. The van der Waals surface area contributed by atoms with Gasteiger partial charge in [-0.3, -0.25) is 0 Å². The number of nitrogens with one attached hydrogen (secondary N) is 1. The number of rotatable bonds is 7. The van der Waals surface area contributed by atoms with E-state index in [0.717, 1.165) is 12.5 Å². The lowest BCUT2D eigenvalue weighted by Crippen LogP contribution is -2.17. The predicted molar refractivity (Wildman–Crippen MR) is 76.6 cm³/mol. The SMILES string of the molecule is CCNC(C)c1cccc(SCCC2CC2)c1. The van der Waals surface area contributed by atoms with E-state index >= 15 is 0 Å². The molecule has 1 aromatic carbocycles. The molecule has 0 aliphatic heterocycles. The second-order valence-electron chi connectivity index (χ2n) is 4.93. The Balaban J connectivity index is 1.85. The summed E-state index contributed by atoms with van der Waals surface area (Å²) in [6, 6.07) is 9.44. The molecule has 0 heterocycles. The molecule has 1 nitrogen and oxygen atoms in total. The van der Waals surface area contributed by atoms with Gasteiger partial charge < -0.3 is 5.32 Å². The van der Waals surface area contributed by atoms with Crippen molar-refractivity contribution in [3.8, 4) is 0 Å². The highest BCUT2D eigenvalue weighted by Gasteiger charge is 2.20. The average Bonchev–Trinajstić information content (AvgIpc) is 3.14. The third-order valence-electron chi connectivity index (χ3n) is 3.36. The van der Waals surface area contributed by atoms with Gasteiger partial charge in [0.1, 0.15) is 0 Å². The van der Waals surface area contributed by atoms with E-state index in [1.807, 2.05) is 11.8 Å². The summed E-state index contributed by atoms with van der Waals surface area (Å²) in [7, 11) is 0. The van der Waals surface area contributed by atoms with Crippen molar-refractivity contribution >= 4 is 11.8 Å². The van der Waals surface area contributed by atoms with Gasteiger partial charge in [0, 0.05) is 10.9 Å². The summed E-state index contributed by atoms with van der Waals surface area (Å²) in [6.45, 7) is 5.42. The van der Waals surface area contributed by atoms with E-state index in [-0.39, 0.29) is 0 Å². The molecular weight excluding hydrogens is 226 g/mol. The molecule has 1 fully saturated rings. The van der Waals surface area contributed by atoms with Crippen LogP contribution in [0.1, 0.15) is 44.7 Å². The highest BCUT2D eigenvalue weighted by atomic mass is 32.2. The van der Waals surface area contributed by atoms with Crippen LogP contribution in [0.15, 0.2) is 29.2 Å². The Morgan fingerprint density at radius 1 is 1.41 bits per heavy atom. The Kier molecular flexibility index (Phi) is 4.93. The normalized spacial score (nSPS) is 17.1. The molecule has 1 aromatic rings. The van der Waals surface area contributed by atoms with Crippen molar-refractivity contribution in [2.75, 3.05) is 12.3 Å². The van der Waals surface area contributed by atoms with Gasteiger partial charge in [-0.25, -0.2) is 0 Å². The van der Waals surface area contributed by atoms with Gasteiger partial charge in [-0.05, 0) is 49.3 Å². The first-order valence-electron chi connectivity index (χ1n) is 6.75. The minimum atomic E-state index is 0.462. The smallest absolute Gasteiger partial charge is 0.0292 e. The third kappa shape index (κ3) is 4.36. The monoisotopic (exact) mass is 249 g/mol. The Bertz CT molecular complexity index is 347. The van der Waals surface area contributed by atoms with E-state index in [1.54, 1.807) is 0 Å². The highest BCUT2D eigenvalue weighted by Crippen LogP contribution is 2.34. The first kappa shape index (κ1) is 13.0. The molecule has 1 saturated carbocycles. The summed E-state index contributed by atoms with van der Waals surface area (Å²) in [5.41, 5.74) is 1.41. The molecule has 0 saturated heterocycles. The van der Waals surface area contributed by atoms with Crippen molar-refractivity contribution in [2.45, 2.75) is 44.0 Å². The van der Waals surface area contributed by atoms with Crippen LogP contribution in [-0.4, -0.2) is 12.3 Å². The average molecular weight is 249 g/mol. The molecule has 1 atom stereocenters. The summed E-state index contributed by atoms with van der Waals surface area (Å²) >= 11 is 2.01. The van der Waals surface area contributed by atoms with E-state index in [4.69, 9.17) is 0 Å². The maximum absolute atomic E-state index is 3.46. The molecule has 2 rings (SSSR count). The van der Waals surface area contributed by atoms with Gasteiger partial charge in [0.15, 0.2) is 0 Å². The van der Waals surface area contributed by atoms with Crippen LogP contribution in [0.25, 0.3) is 0 Å². The quantitative estimate of drug-likeness (QED) is 0.725. The third-order valence-corrected chi connectivity index (χ3v) is 4.39. The van der Waals surface area contributed by atoms with Crippen molar-refractivity contribution in [1.29, 1.82) is 0 Å². The molecule has 0 spiro atoms. The van der Waals surface area contributed by atoms with Crippen molar-refractivity contribution in [2.24, 2.45) is 5.92 Å². The minimum Gasteiger partial charge on any atom is -0.310 e. The molecule has 0 amide bonds. The van der Waals surface area contributed by atoms with E-state index in [1.165, 1.54) is 35.5 Å². The molecule has 0 bridgehead atoms. The first-order chi connectivity index (χ1) is 8.29. The lowest BCUT2D eigenvalue weighted by atomic mass is 10.1. The molecule has 1 N–H and O–H groups in total. The van der Waals surface area contributed by atoms with Crippen LogP contribution < -0.4 is 5.32 Å². The number of hydrogen-bond donors (Lipinski definition) is 1. The fourth-order valence-electron chi connectivity index (χ4n) is 2.05. The van der Waals surface area contributed by atoms with Crippen LogP contribution in [0.2, 0.25) is 0 Å². The molecular formula is C15H23NS. The van der Waals surface area contributed by atoms with Crippen LogP contribution in [0.5, 0.6) is 0 Å². The Morgan fingerprint density at radius 3 is 2.94 bits per heavy atom.